The van der Waals surface area contributed by atoms with E-state index in [0.717, 1.165) is 11.0 Å². The molecule has 1 saturated heterocycles. The Balaban J connectivity index is 1.73. The fraction of sp³-hybridized carbons (Fsp3) is 0.167. The molecule has 3 aromatic rings. The molecule has 1 fully saturated rings. The van der Waals surface area contributed by atoms with Crippen molar-refractivity contribution in [2.45, 2.75) is 18.3 Å². The lowest BCUT2D eigenvalue weighted by Crippen LogP contribution is -2.54. The Kier molecular flexibility index (Phi) is 4.65. The van der Waals surface area contributed by atoms with Crippen molar-refractivity contribution in [3.63, 3.8) is 0 Å². The molecule has 9 heteroatoms. The predicted molar refractivity (Wildman–Crippen MR) is 118 cm³/mol. The highest BCUT2D eigenvalue weighted by Crippen LogP contribution is 2.52. The molecule has 2 aliphatic rings. The average molecular weight is 468 g/mol. The molecule has 0 aliphatic carbocycles. The van der Waals surface area contributed by atoms with Crippen LogP contribution in [0.2, 0.25) is 0 Å². The number of para-hydroxylation sites is 1. The molecule has 2 heterocycles. The van der Waals surface area contributed by atoms with E-state index in [-0.39, 0.29) is 17.8 Å². The van der Waals surface area contributed by atoms with E-state index in [2.05, 4.69) is 0 Å². The van der Waals surface area contributed by atoms with Gasteiger partial charge in [-0.15, -0.1) is 0 Å². The zero-order valence-corrected chi connectivity index (χ0v) is 18.3. The third-order valence-corrected chi connectivity index (χ3v) is 8.19. The summed E-state index contributed by atoms with van der Waals surface area (Å²) >= 11 is 0. The number of rotatable bonds is 3. The minimum absolute atomic E-state index is 0.0176. The standard InChI is InChI=1S/C24H18F2N2O4S/c1-15-6-11-18(12-20(15)26)28-22(29)14-33(31,32)24(28)19-4-2-3-5-21(19)27(23(24)30)13-16-7-9-17(25)10-8-16/h2-12H,13-14H2,1H3/t24-/m1/s1. The van der Waals surface area contributed by atoms with Gasteiger partial charge in [0.15, 0.2) is 9.84 Å². The lowest BCUT2D eigenvalue weighted by Gasteiger charge is -2.32. The van der Waals surface area contributed by atoms with Crippen LogP contribution in [0.3, 0.4) is 0 Å². The van der Waals surface area contributed by atoms with Gasteiger partial charge < -0.3 is 4.90 Å². The van der Waals surface area contributed by atoms with Gasteiger partial charge in [-0.2, -0.15) is 0 Å². The molecule has 0 radical (unpaired) electrons. The maximum absolute atomic E-state index is 14.4. The molecule has 5 rings (SSSR count). The fourth-order valence-corrected chi connectivity index (χ4v) is 6.57. The molecule has 1 atom stereocenters. The molecule has 2 aliphatic heterocycles. The number of hydrogen-bond donors (Lipinski definition) is 0. The first-order valence-corrected chi connectivity index (χ1v) is 11.8. The third kappa shape index (κ3) is 2.92. The number of carbonyl (C=O) groups excluding carboxylic acids is 2. The van der Waals surface area contributed by atoms with Gasteiger partial charge in [-0.3, -0.25) is 14.5 Å². The van der Waals surface area contributed by atoms with Crippen LogP contribution in [0.1, 0.15) is 16.7 Å². The number of amides is 2. The van der Waals surface area contributed by atoms with Gasteiger partial charge in [0.1, 0.15) is 17.4 Å². The van der Waals surface area contributed by atoms with Gasteiger partial charge in [0, 0.05) is 11.3 Å². The molecule has 168 valence electrons. The van der Waals surface area contributed by atoms with Gasteiger partial charge in [-0.25, -0.2) is 17.2 Å². The summed E-state index contributed by atoms with van der Waals surface area (Å²) in [6, 6.07) is 15.7. The summed E-state index contributed by atoms with van der Waals surface area (Å²) in [6.07, 6.45) is 0. The molecule has 33 heavy (non-hydrogen) atoms. The summed E-state index contributed by atoms with van der Waals surface area (Å²) in [5, 5.41) is 0. The van der Waals surface area contributed by atoms with Crippen molar-refractivity contribution in [2.24, 2.45) is 0 Å². The second kappa shape index (κ2) is 7.21. The second-order valence-electron chi connectivity index (χ2n) is 8.10. The van der Waals surface area contributed by atoms with Crippen LogP contribution in [-0.4, -0.2) is 26.0 Å². The molecule has 0 aromatic heterocycles. The van der Waals surface area contributed by atoms with Crippen LogP contribution in [0.25, 0.3) is 0 Å². The molecule has 2 amide bonds. The lowest BCUT2D eigenvalue weighted by molar-refractivity contribution is -0.123. The number of aryl methyl sites for hydroxylation is 1. The second-order valence-corrected chi connectivity index (χ2v) is 10.2. The Hall–Kier alpha value is -3.59. The van der Waals surface area contributed by atoms with E-state index in [1.807, 2.05) is 0 Å². The van der Waals surface area contributed by atoms with Crippen LogP contribution < -0.4 is 9.80 Å². The van der Waals surface area contributed by atoms with Crippen LogP contribution >= 0.6 is 0 Å². The van der Waals surface area contributed by atoms with Crippen LogP contribution in [0, 0.1) is 18.6 Å². The molecule has 1 spiro atoms. The minimum Gasteiger partial charge on any atom is -0.304 e. The number of halogens is 2. The van der Waals surface area contributed by atoms with Gasteiger partial charge >= 0.3 is 0 Å². The fourth-order valence-electron chi connectivity index (χ4n) is 4.54. The zero-order chi connectivity index (χ0) is 23.5. The Bertz CT molecular complexity index is 1420. The topological polar surface area (TPSA) is 74.8 Å². The first-order chi connectivity index (χ1) is 15.7. The highest BCUT2D eigenvalue weighted by molar-refractivity contribution is 7.94. The van der Waals surface area contributed by atoms with Crippen molar-refractivity contribution < 1.29 is 26.8 Å². The Morgan fingerprint density at radius 3 is 2.36 bits per heavy atom. The largest absolute Gasteiger partial charge is 0.304 e. The van der Waals surface area contributed by atoms with E-state index in [1.54, 1.807) is 18.2 Å². The van der Waals surface area contributed by atoms with Crippen molar-refractivity contribution in [2.75, 3.05) is 15.6 Å². The van der Waals surface area contributed by atoms with Gasteiger partial charge in [0.05, 0.1) is 12.2 Å². The van der Waals surface area contributed by atoms with Crippen molar-refractivity contribution in [1.82, 2.24) is 0 Å². The van der Waals surface area contributed by atoms with Gasteiger partial charge in [-0.1, -0.05) is 36.4 Å². The summed E-state index contributed by atoms with van der Waals surface area (Å²) < 4.78 is 54.8. The lowest BCUT2D eigenvalue weighted by atomic mass is 10.0. The Morgan fingerprint density at radius 2 is 1.67 bits per heavy atom. The number of fused-ring (bicyclic) bond motifs is 2. The van der Waals surface area contributed by atoms with Gasteiger partial charge in [-0.05, 0) is 48.4 Å². The molecule has 6 nitrogen and oxygen atoms in total. The van der Waals surface area contributed by atoms with E-state index in [1.165, 1.54) is 54.3 Å². The number of carbonyl (C=O) groups is 2. The van der Waals surface area contributed by atoms with E-state index in [4.69, 9.17) is 0 Å². The summed E-state index contributed by atoms with van der Waals surface area (Å²) in [5.74, 6) is -3.60. The van der Waals surface area contributed by atoms with Gasteiger partial charge in [0.25, 0.3) is 10.8 Å². The highest BCUT2D eigenvalue weighted by Gasteiger charge is 2.69. The minimum atomic E-state index is -4.35. The SMILES string of the molecule is Cc1ccc(N2C(=O)CS(=O)(=O)[C@]23C(=O)N(Cc2ccc(F)cc2)c2ccccc23)cc1F. The van der Waals surface area contributed by atoms with E-state index >= 15 is 0 Å². The molecule has 0 saturated carbocycles. The monoisotopic (exact) mass is 468 g/mol. The molecule has 0 bridgehead atoms. The van der Waals surface area contributed by atoms with Crippen molar-refractivity contribution in [3.05, 3.63) is 95.1 Å². The molecule has 0 N–H and O–H groups in total. The summed E-state index contributed by atoms with van der Waals surface area (Å²) in [5.41, 5.74) is 1.33. The molecule has 0 unspecified atom stereocenters. The average Bonchev–Trinajstić information content (AvgIpc) is 3.14. The van der Waals surface area contributed by atoms with Crippen LogP contribution in [0.5, 0.6) is 0 Å². The number of anilines is 2. The quantitative estimate of drug-likeness (QED) is 0.590. The number of nitrogens with zero attached hydrogens (tertiary/aromatic N) is 2. The maximum Gasteiger partial charge on any atom is 0.274 e. The Morgan fingerprint density at radius 1 is 0.970 bits per heavy atom. The summed E-state index contributed by atoms with van der Waals surface area (Å²) in [6.45, 7) is 1.51. The number of sulfone groups is 1. The van der Waals surface area contributed by atoms with Crippen molar-refractivity contribution >= 4 is 33.0 Å². The smallest absolute Gasteiger partial charge is 0.274 e. The first-order valence-electron chi connectivity index (χ1n) is 10.1. The number of benzene rings is 3. The summed E-state index contributed by atoms with van der Waals surface area (Å²) in [7, 11) is -4.35. The maximum atomic E-state index is 14.4. The van der Waals surface area contributed by atoms with Crippen molar-refractivity contribution in [1.29, 1.82) is 0 Å². The van der Waals surface area contributed by atoms with Crippen LogP contribution in [-0.2, 0) is 30.8 Å². The zero-order valence-electron chi connectivity index (χ0n) is 17.5. The van der Waals surface area contributed by atoms with E-state index < -0.39 is 43.9 Å². The van der Waals surface area contributed by atoms with Gasteiger partial charge in [0.2, 0.25) is 5.91 Å². The molecule has 3 aromatic carbocycles. The van der Waals surface area contributed by atoms with Crippen molar-refractivity contribution in [3.8, 4) is 0 Å². The van der Waals surface area contributed by atoms with E-state index in [9.17, 15) is 26.8 Å². The van der Waals surface area contributed by atoms with E-state index in [0.29, 0.717) is 16.8 Å². The highest BCUT2D eigenvalue weighted by atomic mass is 32.2. The third-order valence-electron chi connectivity index (χ3n) is 6.09. The Labute approximate surface area is 189 Å². The number of hydrogen-bond acceptors (Lipinski definition) is 4. The molecular formula is C24H18F2N2O4S. The normalized spacial score (nSPS) is 21.2. The van der Waals surface area contributed by atoms with Crippen LogP contribution in [0.4, 0.5) is 20.2 Å². The van der Waals surface area contributed by atoms with Crippen LogP contribution in [0.15, 0.2) is 66.7 Å². The predicted octanol–water partition coefficient (Wildman–Crippen LogP) is 3.43. The first kappa shape index (κ1) is 21.3. The summed E-state index contributed by atoms with van der Waals surface area (Å²) in [4.78, 5) is 26.8. The molecular weight excluding hydrogens is 450 g/mol.